The summed E-state index contributed by atoms with van der Waals surface area (Å²) in [6.07, 6.45) is -0.744. The topological polar surface area (TPSA) is 141 Å². The number of imidazole rings is 1. The highest BCUT2D eigenvalue weighted by atomic mass is 19.1. The Morgan fingerprint density at radius 3 is 2.60 bits per heavy atom. The lowest BCUT2D eigenvalue weighted by molar-refractivity contribution is -0.140. The summed E-state index contributed by atoms with van der Waals surface area (Å²) in [5, 5.41) is 13.0. The van der Waals surface area contributed by atoms with E-state index in [9.17, 15) is 23.6 Å². The second-order valence-electron chi connectivity index (χ2n) is 5.10. The summed E-state index contributed by atoms with van der Waals surface area (Å²) in [5.74, 6) is -3.90. The molecule has 0 radical (unpaired) electrons. The van der Waals surface area contributed by atoms with Crippen LogP contribution in [0.5, 0.6) is 0 Å². The number of carbonyl (C=O) groups excluding carboxylic acids is 3. The molecule has 0 aliphatic rings. The fourth-order valence-corrected chi connectivity index (χ4v) is 2.06. The van der Waals surface area contributed by atoms with Crippen molar-refractivity contribution >= 4 is 34.6 Å². The van der Waals surface area contributed by atoms with Crippen LogP contribution in [0.3, 0.4) is 0 Å². The van der Waals surface area contributed by atoms with Crippen LogP contribution in [0, 0.1) is 0 Å². The molecule has 4 N–H and O–H groups in total. The number of aromatic nitrogens is 2. The Balaban J connectivity index is 1.92. The summed E-state index contributed by atoms with van der Waals surface area (Å²) >= 11 is 0. The predicted molar refractivity (Wildman–Crippen MR) is 83.6 cm³/mol. The molecule has 0 spiro atoms. The molecule has 2 aromatic rings. The summed E-state index contributed by atoms with van der Waals surface area (Å²) in [7, 11) is 0. The van der Waals surface area contributed by atoms with Gasteiger partial charge in [0.2, 0.25) is 5.91 Å². The normalized spacial score (nSPS) is 11.7. The number of carboxylic acid groups (broad SMARTS) is 1. The fraction of sp³-hybridized carbons (Fsp3) is 0.267. The smallest absolute Gasteiger partial charge is 0.305 e. The van der Waals surface area contributed by atoms with Crippen LogP contribution in [0.25, 0.3) is 11.0 Å². The minimum Gasteiger partial charge on any atom is -0.481 e. The molecule has 0 bridgehead atoms. The molecular formula is C15H15FN4O5. The SMILES string of the molecule is O=C(O)CC(NC(=O)CNC(=O)c1nc2ccccc2[nH]1)C(=O)CF. The number of hydrogen-bond acceptors (Lipinski definition) is 5. The zero-order valence-electron chi connectivity index (χ0n) is 12.9. The molecule has 2 amide bonds. The number of nitrogens with zero attached hydrogens (tertiary/aromatic N) is 1. The maximum atomic E-state index is 12.4. The van der Waals surface area contributed by atoms with Crippen molar-refractivity contribution in [2.24, 2.45) is 0 Å². The van der Waals surface area contributed by atoms with Crippen LogP contribution in [-0.2, 0) is 14.4 Å². The van der Waals surface area contributed by atoms with Crippen molar-refractivity contribution in [3.63, 3.8) is 0 Å². The lowest BCUT2D eigenvalue weighted by Gasteiger charge is -2.14. The summed E-state index contributed by atoms with van der Waals surface area (Å²) in [4.78, 5) is 52.5. The van der Waals surface area contributed by atoms with E-state index in [1.54, 1.807) is 24.3 Å². The fourth-order valence-electron chi connectivity index (χ4n) is 2.06. The van der Waals surface area contributed by atoms with Crippen molar-refractivity contribution in [3.05, 3.63) is 30.1 Å². The Morgan fingerprint density at radius 2 is 1.96 bits per heavy atom. The van der Waals surface area contributed by atoms with Crippen molar-refractivity contribution in [2.45, 2.75) is 12.5 Å². The Bertz CT molecular complexity index is 786. The van der Waals surface area contributed by atoms with Gasteiger partial charge in [-0.1, -0.05) is 12.1 Å². The first-order chi connectivity index (χ1) is 11.9. The van der Waals surface area contributed by atoms with Gasteiger partial charge in [0, 0.05) is 0 Å². The third kappa shape index (κ3) is 4.83. The van der Waals surface area contributed by atoms with Crippen LogP contribution < -0.4 is 10.6 Å². The number of carbonyl (C=O) groups is 4. The summed E-state index contributed by atoms with van der Waals surface area (Å²) < 4.78 is 12.4. The Labute approximate surface area is 140 Å². The van der Waals surface area contributed by atoms with E-state index in [1.807, 2.05) is 0 Å². The molecule has 1 heterocycles. The molecule has 0 aliphatic heterocycles. The second-order valence-corrected chi connectivity index (χ2v) is 5.10. The molecule has 0 saturated heterocycles. The van der Waals surface area contributed by atoms with Crippen molar-refractivity contribution in [1.29, 1.82) is 0 Å². The highest BCUT2D eigenvalue weighted by Gasteiger charge is 2.23. The number of alkyl halides is 1. The molecule has 132 valence electrons. The molecule has 1 unspecified atom stereocenters. The van der Waals surface area contributed by atoms with Gasteiger partial charge in [0.1, 0.15) is 12.7 Å². The first-order valence-electron chi connectivity index (χ1n) is 7.23. The zero-order valence-corrected chi connectivity index (χ0v) is 12.9. The number of fused-ring (bicyclic) bond motifs is 1. The average Bonchev–Trinajstić information content (AvgIpc) is 3.02. The van der Waals surface area contributed by atoms with Crippen molar-refractivity contribution < 1.29 is 28.7 Å². The van der Waals surface area contributed by atoms with Gasteiger partial charge in [0.25, 0.3) is 5.91 Å². The van der Waals surface area contributed by atoms with Crippen LogP contribution >= 0.6 is 0 Å². The number of hydrogen-bond donors (Lipinski definition) is 4. The summed E-state index contributed by atoms with van der Waals surface area (Å²) in [5.41, 5.74) is 1.22. The molecule has 0 aliphatic carbocycles. The molecule has 10 heteroatoms. The molecule has 2 rings (SSSR count). The van der Waals surface area contributed by atoms with E-state index in [0.29, 0.717) is 11.0 Å². The van der Waals surface area contributed by atoms with Gasteiger partial charge in [-0.2, -0.15) is 0 Å². The number of para-hydroxylation sites is 2. The first-order valence-corrected chi connectivity index (χ1v) is 7.23. The largest absolute Gasteiger partial charge is 0.481 e. The molecule has 0 saturated carbocycles. The van der Waals surface area contributed by atoms with E-state index in [0.717, 1.165) is 0 Å². The van der Waals surface area contributed by atoms with E-state index in [2.05, 4.69) is 20.6 Å². The number of H-pyrrole nitrogens is 1. The number of Topliss-reactive ketones (excluding diaryl/α,β-unsaturated/α-hetero) is 1. The number of ketones is 1. The van der Waals surface area contributed by atoms with Crippen molar-refractivity contribution in [2.75, 3.05) is 13.2 Å². The highest BCUT2D eigenvalue weighted by molar-refractivity contribution is 5.97. The Kier molecular flexibility index (Phi) is 5.77. The summed E-state index contributed by atoms with van der Waals surface area (Å²) in [6.45, 7) is -1.92. The molecule has 1 aromatic carbocycles. The van der Waals surface area contributed by atoms with Gasteiger partial charge in [0.15, 0.2) is 11.6 Å². The monoisotopic (exact) mass is 350 g/mol. The van der Waals surface area contributed by atoms with Crippen LogP contribution in [0.2, 0.25) is 0 Å². The van der Waals surface area contributed by atoms with Gasteiger partial charge in [-0.05, 0) is 12.1 Å². The molecule has 1 aromatic heterocycles. The van der Waals surface area contributed by atoms with Gasteiger partial charge in [-0.15, -0.1) is 0 Å². The molecule has 1 atom stereocenters. The number of aromatic amines is 1. The predicted octanol–water partition coefficient (Wildman–Crippen LogP) is -0.209. The van der Waals surface area contributed by atoms with Crippen LogP contribution in [0.4, 0.5) is 4.39 Å². The van der Waals surface area contributed by atoms with Crippen LogP contribution in [0.1, 0.15) is 17.0 Å². The number of halogens is 1. The van der Waals surface area contributed by atoms with E-state index in [1.165, 1.54) is 0 Å². The number of rotatable bonds is 8. The number of aliphatic carboxylic acids is 1. The molecule has 9 nitrogen and oxygen atoms in total. The van der Waals surface area contributed by atoms with Gasteiger partial charge in [0.05, 0.1) is 24.0 Å². The van der Waals surface area contributed by atoms with E-state index < -0.39 is 49.2 Å². The highest BCUT2D eigenvalue weighted by Crippen LogP contribution is 2.09. The van der Waals surface area contributed by atoms with Crippen molar-refractivity contribution in [1.82, 2.24) is 20.6 Å². The third-order valence-corrected chi connectivity index (χ3v) is 3.25. The average molecular weight is 350 g/mol. The Morgan fingerprint density at radius 1 is 1.24 bits per heavy atom. The molecular weight excluding hydrogens is 335 g/mol. The van der Waals surface area contributed by atoms with Gasteiger partial charge in [-0.3, -0.25) is 19.2 Å². The van der Waals surface area contributed by atoms with Gasteiger partial charge in [-0.25, -0.2) is 9.37 Å². The maximum Gasteiger partial charge on any atom is 0.305 e. The first kappa shape index (κ1) is 18.0. The second kappa shape index (κ2) is 7.99. The lowest BCUT2D eigenvalue weighted by Crippen LogP contribution is -2.47. The zero-order chi connectivity index (χ0) is 18.4. The third-order valence-electron chi connectivity index (χ3n) is 3.25. The van der Waals surface area contributed by atoms with Gasteiger partial charge < -0.3 is 20.7 Å². The van der Waals surface area contributed by atoms with E-state index >= 15 is 0 Å². The number of nitrogens with one attached hydrogen (secondary N) is 3. The minimum atomic E-state index is -1.49. The molecule has 0 fully saturated rings. The van der Waals surface area contributed by atoms with E-state index in [4.69, 9.17) is 5.11 Å². The number of benzene rings is 1. The van der Waals surface area contributed by atoms with Crippen molar-refractivity contribution in [3.8, 4) is 0 Å². The van der Waals surface area contributed by atoms with Crippen LogP contribution in [0.15, 0.2) is 24.3 Å². The Hall–Kier alpha value is -3.30. The molecule has 25 heavy (non-hydrogen) atoms. The standard InChI is InChI=1S/C15H15FN4O5/c16-6-11(21)10(5-13(23)24)18-12(22)7-17-15(25)14-19-8-3-1-2-4-9(8)20-14/h1-4,10H,5-7H2,(H,17,25)(H,18,22)(H,19,20)(H,23,24). The van der Waals surface area contributed by atoms with Gasteiger partial charge >= 0.3 is 5.97 Å². The van der Waals surface area contributed by atoms with Crippen LogP contribution in [-0.4, -0.2) is 57.9 Å². The number of amides is 2. The lowest BCUT2D eigenvalue weighted by atomic mass is 10.1. The quantitative estimate of drug-likeness (QED) is 0.519. The number of carboxylic acids is 1. The summed E-state index contributed by atoms with van der Waals surface area (Å²) in [6, 6.07) is 5.46. The van der Waals surface area contributed by atoms with E-state index in [-0.39, 0.29) is 5.82 Å². The minimum absolute atomic E-state index is 0.00378. The maximum absolute atomic E-state index is 12.4.